The van der Waals surface area contributed by atoms with Gasteiger partial charge in [-0.3, -0.25) is 9.79 Å². The maximum atomic E-state index is 12.1. The molecular formula is C23H32N4O3. The van der Waals surface area contributed by atoms with Gasteiger partial charge in [-0.1, -0.05) is 30.3 Å². The Morgan fingerprint density at radius 1 is 1.07 bits per heavy atom. The van der Waals surface area contributed by atoms with E-state index in [1.807, 2.05) is 48.5 Å². The molecule has 30 heavy (non-hydrogen) atoms. The molecule has 0 aliphatic heterocycles. The second-order valence-corrected chi connectivity index (χ2v) is 6.94. The molecule has 162 valence electrons. The lowest BCUT2D eigenvalue weighted by Gasteiger charge is -2.13. The fraction of sp³-hybridized carbons (Fsp3) is 0.391. The molecule has 0 radical (unpaired) electrons. The first kappa shape index (κ1) is 23.2. The van der Waals surface area contributed by atoms with E-state index in [2.05, 4.69) is 15.6 Å². The Balaban J connectivity index is 1.69. The molecule has 0 saturated heterocycles. The molecule has 1 amide bonds. The number of para-hydroxylation sites is 1. The third kappa shape index (κ3) is 7.40. The van der Waals surface area contributed by atoms with Gasteiger partial charge in [0.15, 0.2) is 5.96 Å². The Morgan fingerprint density at radius 2 is 1.83 bits per heavy atom. The number of rotatable bonds is 10. The number of carbonyl (C=O) groups is 1. The van der Waals surface area contributed by atoms with Crippen molar-refractivity contribution in [2.24, 2.45) is 4.99 Å². The van der Waals surface area contributed by atoms with Crippen LogP contribution in [0.25, 0.3) is 0 Å². The molecule has 0 atom stereocenters. The molecule has 7 heteroatoms. The van der Waals surface area contributed by atoms with Crippen LogP contribution in [0.15, 0.2) is 53.5 Å². The number of carbonyl (C=O) groups excluding carboxylic acids is 1. The molecule has 0 unspecified atom stereocenters. The van der Waals surface area contributed by atoms with Gasteiger partial charge in [-0.2, -0.15) is 0 Å². The fourth-order valence-corrected chi connectivity index (χ4v) is 2.91. The lowest BCUT2D eigenvalue weighted by Crippen LogP contribution is -2.39. The number of methoxy groups -OCH3 is 1. The van der Waals surface area contributed by atoms with Crippen molar-refractivity contribution in [1.82, 2.24) is 15.5 Å². The summed E-state index contributed by atoms with van der Waals surface area (Å²) in [5.74, 6) is 1.56. The smallest absolute Gasteiger partial charge is 0.253 e. The Labute approximate surface area is 179 Å². The number of nitrogens with one attached hydrogen (secondary N) is 2. The average molecular weight is 413 g/mol. The molecule has 0 bridgehead atoms. The van der Waals surface area contributed by atoms with Crippen LogP contribution in [0.1, 0.15) is 21.5 Å². The number of guanidine groups is 1. The summed E-state index contributed by atoms with van der Waals surface area (Å²) in [4.78, 5) is 17.9. The van der Waals surface area contributed by atoms with Gasteiger partial charge in [-0.05, 0) is 30.2 Å². The van der Waals surface area contributed by atoms with Gasteiger partial charge in [0, 0.05) is 45.4 Å². The average Bonchev–Trinajstić information content (AvgIpc) is 2.77. The molecule has 0 saturated carbocycles. The normalized spacial score (nSPS) is 11.1. The number of benzene rings is 2. The molecule has 2 N–H and O–H groups in total. The second-order valence-electron chi connectivity index (χ2n) is 6.94. The van der Waals surface area contributed by atoms with E-state index in [1.165, 1.54) is 0 Å². The summed E-state index contributed by atoms with van der Waals surface area (Å²) in [5.41, 5.74) is 2.83. The highest BCUT2D eigenvalue weighted by Crippen LogP contribution is 2.17. The highest BCUT2D eigenvalue weighted by atomic mass is 16.5. The number of aliphatic imine (C=N–C) groups is 1. The Morgan fingerprint density at radius 3 is 2.57 bits per heavy atom. The largest absolute Gasteiger partial charge is 0.496 e. The second kappa shape index (κ2) is 12.5. The van der Waals surface area contributed by atoms with Crippen LogP contribution in [0.5, 0.6) is 5.75 Å². The summed E-state index contributed by atoms with van der Waals surface area (Å²) in [7, 11) is 6.91. The van der Waals surface area contributed by atoms with Crippen LogP contribution in [-0.2, 0) is 17.8 Å². The zero-order valence-corrected chi connectivity index (χ0v) is 18.3. The topological polar surface area (TPSA) is 75.2 Å². The molecule has 2 aromatic rings. The standard InChI is InChI=1S/C23H32N4O3/c1-24-23(26-14-15-30-17-20-9-5-6-11-21(20)29-4)25-13-12-18-8-7-10-19(16-18)22(28)27(2)3/h5-11,16H,12-15,17H2,1-4H3,(H2,24,25,26). The van der Waals surface area contributed by atoms with Crippen LogP contribution in [0.2, 0.25) is 0 Å². The van der Waals surface area contributed by atoms with Gasteiger partial charge in [0.1, 0.15) is 5.75 Å². The summed E-state index contributed by atoms with van der Waals surface area (Å²) in [6.45, 7) is 2.40. The molecule has 0 fully saturated rings. The zero-order valence-electron chi connectivity index (χ0n) is 18.3. The Bertz CT molecular complexity index is 837. The minimum Gasteiger partial charge on any atom is -0.496 e. The van der Waals surface area contributed by atoms with E-state index in [4.69, 9.17) is 9.47 Å². The number of amides is 1. The number of ether oxygens (including phenoxy) is 2. The summed E-state index contributed by atoms with van der Waals surface area (Å²) in [5, 5.41) is 6.52. The van der Waals surface area contributed by atoms with Crippen molar-refractivity contribution >= 4 is 11.9 Å². The predicted octanol–water partition coefficient (Wildman–Crippen LogP) is 2.32. The van der Waals surface area contributed by atoms with Gasteiger partial charge >= 0.3 is 0 Å². The van der Waals surface area contributed by atoms with Crippen molar-refractivity contribution in [1.29, 1.82) is 0 Å². The monoisotopic (exact) mass is 412 g/mol. The van der Waals surface area contributed by atoms with Crippen LogP contribution in [-0.4, -0.2) is 64.7 Å². The van der Waals surface area contributed by atoms with E-state index in [1.54, 1.807) is 33.2 Å². The highest BCUT2D eigenvalue weighted by Gasteiger charge is 2.08. The van der Waals surface area contributed by atoms with Gasteiger partial charge in [0.2, 0.25) is 0 Å². The molecule has 0 heterocycles. The number of nitrogens with zero attached hydrogens (tertiary/aromatic N) is 2. The van der Waals surface area contributed by atoms with E-state index in [9.17, 15) is 4.79 Å². The molecule has 2 aromatic carbocycles. The van der Waals surface area contributed by atoms with E-state index in [-0.39, 0.29) is 5.91 Å². The number of hydrogen-bond acceptors (Lipinski definition) is 4. The van der Waals surface area contributed by atoms with Crippen molar-refractivity contribution in [3.05, 3.63) is 65.2 Å². The van der Waals surface area contributed by atoms with Crippen LogP contribution < -0.4 is 15.4 Å². The predicted molar refractivity (Wildman–Crippen MR) is 120 cm³/mol. The summed E-state index contributed by atoms with van der Waals surface area (Å²) in [6.07, 6.45) is 0.791. The maximum Gasteiger partial charge on any atom is 0.253 e. The van der Waals surface area contributed by atoms with Crippen LogP contribution in [0.3, 0.4) is 0 Å². The van der Waals surface area contributed by atoms with Gasteiger partial charge in [0.05, 0.1) is 20.3 Å². The minimum absolute atomic E-state index is 0.00964. The van der Waals surface area contributed by atoms with E-state index in [0.29, 0.717) is 31.9 Å². The summed E-state index contributed by atoms with van der Waals surface area (Å²) >= 11 is 0. The molecule has 0 spiro atoms. The van der Waals surface area contributed by atoms with Crippen molar-refractivity contribution in [3.63, 3.8) is 0 Å². The van der Waals surface area contributed by atoms with Crippen LogP contribution in [0.4, 0.5) is 0 Å². The van der Waals surface area contributed by atoms with Crippen molar-refractivity contribution < 1.29 is 14.3 Å². The molecule has 0 aromatic heterocycles. The Hall–Kier alpha value is -3.06. The Kier molecular flexibility index (Phi) is 9.67. The zero-order chi connectivity index (χ0) is 21.8. The lowest BCUT2D eigenvalue weighted by atomic mass is 10.1. The van der Waals surface area contributed by atoms with Gasteiger partial charge < -0.3 is 25.0 Å². The van der Waals surface area contributed by atoms with Crippen LogP contribution >= 0.6 is 0 Å². The lowest BCUT2D eigenvalue weighted by molar-refractivity contribution is 0.0827. The molecule has 0 aliphatic rings. The summed E-state index contributed by atoms with van der Waals surface area (Å²) < 4.78 is 11.0. The molecule has 2 rings (SSSR count). The SMILES string of the molecule is CN=C(NCCOCc1ccccc1OC)NCCc1cccc(C(=O)N(C)C)c1. The van der Waals surface area contributed by atoms with Crippen LogP contribution in [0, 0.1) is 0 Å². The van der Waals surface area contributed by atoms with Crippen molar-refractivity contribution in [3.8, 4) is 5.75 Å². The van der Waals surface area contributed by atoms with Crippen molar-refractivity contribution in [2.45, 2.75) is 13.0 Å². The van der Waals surface area contributed by atoms with Gasteiger partial charge in [0.25, 0.3) is 5.91 Å². The molecule has 7 nitrogen and oxygen atoms in total. The third-order valence-corrected chi connectivity index (χ3v) is 4.50. The quantitative estimate of drug-likeness (QED) is 0.356. The first-order chi connectivity index (χ1) is 14.5. The van der Waals surface area contributed by atoms with E-state index in [0.717, 1.165) is 29.3 Å². The first-order valence-electron chi connectivity index (χ1n) is 10.00. The van der Waals surface area contributed by atoms with Crippen molar-refractivity contribution in [2.75, 3.05) is 47.9 Å². The summed E-state index contributed by atoms with van der Waals surface area (Å²) in [6, 6.07) is 15.5. The third-order valence-electron chi connectivity index (χ3n) is 4.50. The maximum absolute atomic E-state index is 12.1. The minimum atomic E-state index is 0.00964. The van der Waals surface area contributed by atoms with Gasteiger partial charge in [-0.25, -0.2) is 0 Å². The molecular weight excluding hydrogens is 380 g/mol. The fourth-order valence-electron chi connectivity index (χ4n) is 2.91. The van der Waals surface area contributed by atoms with Gasteiger partial charge in [-0.15, -0.1) is 0 Å². The van der Waals surface area contributed by atoms with E-state index < -0.39 is 0 Å². The highest BCUT2D eigenvalue weighted by molar-refractivity contribution is 5.94. The van der Waals surface area contributed by atoms with E-state index >= 15 is 0 Å². The first-order valence-corrected chi connectivity index (χ1v) is 10.00. The number of hydrogen-bond donors (Lipinski definition) is 2. The molecule has 0 aliphatic carbocycles.